The number of phenolic OH excluding ortho intramolecular Hbond substituents is 2. The fourth-order valence-corrected chi connectivity index (χ4v) is 3.23. The van der Waals surface area contributed by atoms with Gasteiger partial charge in [-0.05, 0) is 36.5 Å². The van der Waals surface area contributed by atoms with Crippen molar-refractivity contribution in [2.75, 3.05) is 0 Å². The van der Waals surface area contributed by atoms with Gasteiger partial charge in [0, 0.05) is 16.7 Å². The lowest BCUT2D eigenvalue weighted by Crippen LogP contribution is -2.17. The highest BCUT2D eigenvalue weighted by atomic mass is 16.3. The van der Waals surface area contributed by atoms with Gasteiger partial charge < -0.3 is 10.2 Å². The summed E-state index contributed by atoms with van der Waals surface area (Å²) in [6, 6.07) is 9.08. The summed E-state index contributed by atoms with van der Waals surface area (Å²) in [4.78, 5) is 12.8. The molecule has 0 aliphatic heterocycles. The van der Waals surface area contributed by atoms with Gasteiger partial charge in [0.2, 0.25) is 0 Å². The van der Waals surface area contributed by atoms with Crippen LogP contribution in [0.25, 0.3) is 0 Å². The van der Waals surface area contributed by atoms with E-state index in [9.17, 15) is 15.0 Å². The van der Waals surface area contributed by atoms with Crippen LogP contribution in [0.1, 0.15) is 58.8 Å². The third-order valence-corrected chi connectivity index (χ3v) is 4.36. The van der Waals surface area contributed by atoms with Crippen LogP contribution in [0.3, 0.4) is 0 Å². The van der Waals surface area contributed by atoms with Gasteiger partial charge in [0.15, 0.2) is 17.3 Å². The van der Waals surface area contributed by atoms with Crippen LogP contribution in [0.2, 0.25) is 0 Å². The van der Waals surface area contributed by atoms with Crippen molar-refractivity contribution in [3.63, 3.8) is 0 Å². The molecule has 2 aromatic rings. The molecule has 2 aromatic carbocycles. The van der Waals surface area contributed by atoms with Gasteiger partial charge in [-0.3, -0.25) is 4.79 Å². The highest BCUT2D eigenvalue weighted by Gasteiger charge is 2.28. The molecule has 0 aromatic heterocycles. The number of aromatic hydroxyl groups is 2. The summed E-state index contributed by atoms with van der Waals surface area (Å²) in [6.45, 7) is 2.11. The monoisotopic (exact) mass is 296 g/mol. The van der Waals surface area contributed by atoms with Crippen LogP contribution in [0.15, 0.2) is 30.3 Å². The van der Waals surface area contributed by atoms with E-state index < -0.39 is 0 Å². The molecule has 3 rings (SSSR count). The average molecular weight is 296 g/mol. The molecule has 1 aliphatic carbocycles. The second kappa shape index (κ2) is 5.84. The minimum atomic E-state index is -0.136. The molecular formula is C19H20O3. The van der Waals surface area contributed by atoms with Crippen molar-refractivity contribution < 1.29 is 15.0 Å². The number of carbonyl (C=O) groups excluding carboxylic acids is 1. The number of hydrogen-bond donors (Lipinski definition) is 2. The first-order valence-corrected chi connectivity index (χ1v) is 7.82. The molecule has 0 amide bonds. The van der Waals surface area contributed by atoms with Crippen LogP contribution in [-0.2, 0) is 12.8 Å². The Hall–Kier alpha value is -2.29. The lowest BCUT2D eigenvalue weighted by molar-refractivity contribution is 0.103. The zero-order valence-corrected chi connectivity index (χ0v) is 12.7. The van der Waals surface area contributed by atoms with Gasteiger partial charge in [0.25, 0.3) is 0 Å². The maximum Gasteiger partial charge on any atom is 0.194 e. The summed E-state index contributed by atoms with van der Waals surface area (Å²) < 4.78 is 0. The van der Waals surface area contributed by atoms with E-state index in [1.54, 1.807) is 0 Å². The van der Waals surface area contributed by atoms with Gasteiger partial charge in [0.05, 0.1) is 0 Å². The third-order valence-electron chi connectivity index (χ3n) is 4.36. The highest BCUT2D eigenvalue weighted by Crippen LogP contribution is 2.39. The number of ketones is 1. The van der Waals surface area contributed by atoms with Gasteiger partial charge in [0.1, 0.15) is 0 Å². The zero-order valence-electron chi connectivity index (χ0n) is 12.7. The fourth-order valence-electron chi connectivity index (χ4n) is 3.23. The molecule has 114 valence electrons. The molecule has 0 bridgehead atoms. The topological polar surface area (TPSA) is 57.5 Å². The van der Waals surface area contributed by atoms with Crippen molar-refractivity contribution in [2.24, 2.45) is 0 Å². The number of unbranched alkanes of at least 4 members (excludes halogenated alkanes) is 2. The minimum Gasteiger partial charge on any atom is -0.504 e. The van der Waals surface area contributed by atoms with Gasteiger partial charge >= 0.3 is 0 Å². The molecule has 1 aliphatic rings. The summed E-state index contributed by atoms with van der Waals surface area (Å²) in [7, 11) is 0. The summed E-state index contributed by atoms with van der Waals surface area (Å²) in [5, 5.41) is 20.2. The first kappa shape index (κ1) is 14.6. The number of fused-ring (bicyclic) bond motifs is 2. The van der Waals surface area contributed by atoms with Crippen molar-refractivity contribution in [1.82, 2.24) is 0 Å². The van der Waals surface area contributed by atoms with Crippen molar-refractivity contribution in [1.29, 1.82) is 0 Å². The first-order valence-electron chi connectivity index (χ1n) is 7.82. The minimum absolute atomic E-state index is 0.0429. The second-order valence-corrected chi connectivity index (χ2v) is 5.88. The molecular weight excluding hydrogens is 276 g/mol. The van der Waals surface area contributed by atoms with Gasteiger partial charge in [-0.15, -0.1) is 0 Å². The molecule has 0 spiro atoms. The molecule has 3 heteroatoms. The largest absolute Gasteiger partial charge is 0.504 e. The lowest BCUT2D eigenvalue weighted by Gasteiger charge is -2.22. The summed E-state index contributed by atoms with van der Waals surface area (Å²) in [6.07, 6.45) is 4.23. The Labute approximate surface area is 130 Å². The zero-order chi connectivity index (χ0) is 15.7. The molecule has 0 unspecified atom stereocenters. The quantitative estimate of drug-likeness (QED) is 0.566. The molecule has 0 atom stereocenters. The van der Waals surface area contributed by atoms with Crippen molar-refractivity contribution in [3.8, 4) is 11.5 Å². The molecule has 0 saturated carbocycles. The van der Waals surface area contributed by atoms with E-state index in [2.05, 4.69) is 6.92 Å². The van der Waals surface area contributed by atoms with E-state index in [1.807, 2.05) is 24.3 Å². The molecule has 22 heavy (non-hydrogen) atoms. The molecule has 0 radical (unpaired) electrons. The van der Waals surface area contributed by atoms with Crippen molar-refractivity contribution >= 4 is 5.78 Å². The Bertz CT molecular complexity index is 732. The molecule has 0 fully saturated rings. The van der Waals surface area contributed by atoms with Crippen LogP contribution in [0, 0.1) is 0 Å². The van der Waals surface area contributed by atoms with E-state index >= 15 is 0 Å². The van der Waals surface area contributed by atoms with E-state index in [0.29, 0.717) is 29.5 Å². The lowest BCUT2D eigenvalue weighted by atomic mass is 9.81. The Morgan fingerprint density at radius 1 is 1.09 bits per heavy atom. The van der Waals surface area contributed by atoms with Gasteiger partial charge in [-0.1, -0.05) is 44.0 Å². The summed E-state index contributed by atoms with van der Waals surface area (Å²) >= 11 is 0. The maximum absolute atomic E-state index is 12.8. The Morgan fingerprint density at radius 3 is 2.64 bits per heavy atom. The number of hydrogen-bond acceptors (Lipinski definition) is 3. The predicted molar refractivity (Wildman–Crippen MR) is 85.7 cm³/mol. The number of benzene rings is 2. The Kier molecular flexibility index (Phi) is 3.88. The van der Waals surface area contributed by atoms with Crippen LogP contribution >= 0.6 is 0 Å². The standard InChI is InChI=1S/C19H20O3/c1-2-3-4-9-15-17-13(11-16(20)18(15)21)10-12-7-5-6-8-14(12)19(17)22/h5-8,11,20-21H,2-4,9-10H2,1H3. The summed E-state index contributed by atoms with van der Waals surface area (Å²) in [5.74, 6) is -0.307. The van der Waals surface area contributed by atoms with E-state index in [4.69, 9.17) is 0 Å². The van der Waals surface area contributed by atoms with E-state index in [-0.39, 0.29) is 17.3 Å². The average Bonchev–Trinajstić information content (AvgIpc) is 2.51. The van der Waals surface area contributed by atoms with Crippen LogP contribution in [-0.4, -0.2) is 16.0 Å². The third kappa shape index (κ3) is 2.37. The summed E-state index contributed by atoms with van der Waals surface area (Å²) in [5.41, 5.74) is 3.68. The molecule has 0 heterocycles. The number of phenols is 2. The van der Waals surface area contributed by atoms with E-state index in [0.717, 1.165) is 30.4 Å². The second-order valence-electron chi connectivity index (χ2n) is 5.88. The first-order chi connectivity index (χ1) is 10.6. The maximum atomic E-state index is 12.8. The normalized spacial score (nSPS) is 12.9. The fraction of sp³-hybridized carbons (Fsp3) is 0.316. The number of carbonyl (C=O) groups is 1. The van der Waals surface area contributed by atoms with Crippen LogP contribution < -0.4 is 0 Å². The predicted octanol–water partition coefficient (Wildman–Crippen LogP) is 3.97. The highest BCUT2D eigenvalue weighted by molar-refractivity contribution is 6.13. The Morgan fingerprint density at radius 2 is 1.86 bits per heavy atom. The van der Waals surface area contributed by atoms with Crippen molar-refractivity contribution in [3.05, 3.63) is 58.1 Å². The molecule has 2 N–H and O–H groups in total. The smallest absolute Gasteiger partial charge is 0.194 e. The van der Waals surface area contributed by atoms with Gasteiger partial charge in [-0.25, -0.2) is 0 Å². The number of rotatable bonds is 4. The van der Waals surface area contributed by atoms with E-state index in [1.165, 1.54) is 6.07 Å². The SMILES string of the molecule is CCCCCc1c(O)c(O)cc2c1C(=O)c1ccccc1C2. The Balaban J connectivity index is 2.10. The van der Waals surface area contributed by atoms with Crippen LogP contribution in [0.5, 0.6) is 11.5 Å². The van der Waals surface area contributed by atoms with Crippen LogP contribution in [0.4, 0.5) is 0 Å². The molecule has 0 saturated heterocycles. The van der Waals surface area contributed by atoms with Crippen molar-refractivity contribution in [2.45, 2.75) is 39.0 Å². The van der Waals surface area contributed by atoms with Gasteiger partial charge in [-0.2, -0.15) is 0 Å². The molecule has 3 nitrogen and oxygen atoms in total.